The van der Waals surface area contributed by atoms with Crippen LogP contribution in [0.5, 0.6) is 0 Å². The normalized spacial score (nSPS) is 22.2. The second-order valence-electron chi connectivity index (χ2n) is 3.93. The summed E-state index contributed by atoms with van der Waals surface area (Å²) >= 11 is 0. The molecule has 0 aliphatic rings. The number of rotatable bonds is 6. The summed E-state index contributed by atoms with van der Waals surface area (Å²) in [6, 6.07) is -0.374. The zero-order chi connectivity index (χ0) is 12.2. The van der Waals surface area contributed by atoms with Gasteiger partial charge >= 0.3 is 0 Å². The van der Waals surface area contributed by atoms with Crippen LogP contribution in [0, 0.1) is 0 Å². The summed E-state index contributed by atoms with van der Waals surface area (Å²) in [5, 5.41) is 46.1. The lowest BCUT2D eigenvalue weighted by Crippen LogP contribution is -2.52. The average molecular weight is 223 g/mol. The lowest BCUT2D eigenvalue weighted by atomic mass is 9.98. The van der Waals surface area contributed by atoms with Crippen molar-refractivity contribution in [2.75, 3.05) is 20.7 Å². The quantitative estimate of drug-likeness (QED) is 0.337. The van der Waals surface area contributed by atoms with Crippen molar-refractivity contribution in [3.8, 4) is 0 Å². The summed E-state index contributed by atoms with van der Waals surface area (Å²) in [6.07, 6.45) is -5.71. The zero-order valence-corrected chi connectivity index (χ0v) is 9.28. The highest BCUT2D eigenvalue weighted by Gasteiger charge is 2.33. The smallest absolute Gasteiger partial charge is 0.111 e. The molecule has 15 heavy (non-hydrogen) atoms. The number of likely N-dealkylation sites (N-methyl/N-ethyl adjacent to an activating group) is 1. The molecule has 0 aliphatic heterocycles. The molecule has 0 bridgehead atoms. The van der Waals surface area contributed by atoms with E-state index in [-0.39, 0.29) is 6.04 Å². The first kappa shape index (κ1) is 14.8. The molecule has 0 saturated heterocycles. The van der Waals surface area contributed by atoms with Gasteiger partial charge in [-0.25, -0.2) is 0 Å². The van der Waals surface area contributed by atoms with Crippen molar-refractivity contribution in [3.63, 3.8) is 0 Å². The van der Waals surface area contributed by atoms with Gasteiger partial charge in [0.2, 0.25) is 0 Å². The lowest BCUT2D eigenvalue weighted by molar-refractivity contribution is -0.127. The van der Waals surface area contributed by atoms with Gasteiger partial charge in [0.25, 0.3) is 0 Å². The Bertz CT molecular complexity index is 178. The van der Waals surface area contributed by atoms with Gasteiger partial charge in [0.05, 0.1) is 12.7 Å². The lowest BCUT2D eigenvalue weighted by Gasteiger charge is -2.32. The molecule has 0 aromatic rings. The van der Waals surface area contributed by atoms with Crippen LogP contribution in [-0.4, -0.2) is 81.6 Å². The molecular weight excluding hydrogens is 202 g/mol. The summed E-state index contributed by atoms with van der Waals surface area (Å²) in [4.78, 5) is 1.67. The second-order valence-corrected chi connectivity index (χ2v) is 3.93. The maximum Gasteiger partial charge on any atom is 0.111 e. The largest absolute Gasteiger partial charge is 0.394 e. The molecule has 0 heterocycles. The van der Waals surface area contributed by atoms with Crippen LogP contribution in [0.25, 0.3) is 0 Å². The summed E-state index contributed by atoms with van der Waals surface area (Å²) in [5.41, 5.74) is 0. The number of hydrogen-bond acceptors (Lipinski definition) is 6. The fourth-order valence-corrected chi connectivity index (χ4v) is 1.13. The van der Waals surface area contributed by atoms with Crippen molar-refractivity contribution in [2.45, 2.75) is 37.4 Å². The molecule has 5 atom stereocenters. The van der Waals surface area contributed by atoms with Crippen molar-refractivity contribution in [1.82, 2.24) is 4.90 Å². The maximum atomic E-state index is 9.63. The van der Waals surface area contributed by atoms with E-state index in [0.717, 1.165) is 0 Å². The van der Waals surface area contributed by atoms with E-state index in [1.807, 2.05) is 0 Å². The zero-order valence-electron chi connectivity index (χ0n) is 9.28. The number of hydrogen-bond donors (Lipinski definition) is 5. The minimum Gasteiger partial charge on any atom is -0.394 e. The van der Waals surface area contributed by atoms with Crippen LogP contribution in [0.2, 0.25) is 0 Å². The molecule has 0 aliphatic carbocycles. The highest BCUT2D eigenvalue weighted by atomic mass is 16.4. The first-order chi connectivity index (χ1) is 6.82. The van der Waals surface area contributed by atoms with Gasteiger partial charge in [-0.2, -0.15) is 0 Å². The van der Waals surface area contributed by atoms with Crippen LogP contribution in [0.3, 0.4) is 0 Å². The predicted molar refractivity (Wildman–Crippen MR) is 54.3 cm³/mol. The van der Waals surface area contributed by atoms with Gasteiger partial charge in [-0.3, -0.25) is 0 Å². The van der Waals surface area contributed by atoms with Crippen molar-refractivity contribution in [1.29, 1.82) is 0 Å². The van der Waals surface area contributed by atoms with E-state index < -0.39 is 31.0 Å². The molecule has 6 nitrogen and oxygen atoms in total. The molecule has 0 rings (SSSR count). The molecular formula is C9H21NO5. The fourth-order valence-electron chi connectivity index (χ4n) is 1.13. The van der Waals surface area contributed by atoms with Crippen LogP contribution in [0.4, 0.5) is 0 Å². The first-order valence-electron chi connectivity index (χ1n) is 4.82. The molecule has 0 radical (unpaired) electrons. The van der Waals surface area contributed by atoms with E-state index in [1.165, 1.54) is 0 Å². The molecule has 1 unspecified atom stereocenters. The molecule has 6 heteroatoms. The Morgan fingerprint density at radius 1 is 0.933 bits per heavy atom. The van der Waals surface area contributed by atoms with Crippen molar-refractivity contribution >= 4 is 0 Å². The summed E-state index contributed by atoms with van der Waals surface area (Å²) in [6.45, 7) is 1.01. The molecule has 92 valence electrons. The maximum absolute atomic E-state index is 9.63. The first-order valence-corrected chi connectivity index (χ1v) is 4.82. The molecule has 0 amide bonds. The Hall–Kier alpha value is -0.240. The van der Waals surface area contributed by atoms with E-state index >= 15 is 0 Å². The van der Waals surface area contributed by atoms with Gasteiger partial charge in [0, 0.05) is 6.04 Å². The van der Waals surface area contributed by atoms with Gasteiger partial charge < -0.3 is 30.4 Å². The van der Waals surface area contributed by atoms with Crippen LogP contribution < -0.4 is 0 Å². The van der Waals surface area contributed by atoms with Gasteiger partial charge in [-0.1, -0.05) is 0 Å². The third kappa shape index (κ3) is 4.02. The third-order valence-electron chi connectivity index (χ3n) is 2.59. The van der Waals surface area contributed by atoms with E-state index in [1.54, 1.807) is 25.9 Å². The van der Waals surface area contributed by atoms with Gasteiger partial charge in [0.1, 0.15) is 18.3 Å². The van der Waals surface area contributed by atoms with Crippen molar-refractivity contribution in [3.05, 3.63) is 0 Å². The monoisotopic (exact) mass is 223 g/mol. The van der Waals surface area contributed by atoms with Crippen LogP contribution >= 0.6 is 0 Å². The highest BCUT2D eigenvalue weighted by Crippen LogP contribution is 2.10. The molecule has 0 saturated carbocycles. The van der Waals surface area contributed by atoms with E-state index in [0.29, 0.717) is 0 Å². The third-order valence-corrected chi connectivity index (χ3v) is 2.59. The highest BCUT2D eigenvalue weighted by molar-refractivity contribution is 4.85. The number of aliphatic hydroxyl groups excluding tert-OH is 5. The standard InChI is InChI=1S/C9H21NO5/c1-5(10(2)3)7(13)9(15)8(14)6(12)4-11/h5-9,11-15H,4H2,1-3H3/t5?,6-,7+,8-,9-/m1/s1. The number of nitrogens with zero attached hydrogens (tertiary/aromatic N) is 1. The van der Waals surface area contributed by atoms with Crippen LogP contribution in [0.15, 0.2) is 0 Å². The summed E-state index contributed by atoms with van der Waals surface area (Å²) < 4.78 is 0. The van der Waals surface area contributed by atoms with E-state index in [2.05, 4.69) is 0 Å². The predicted octanol–water partition coefficient (Wildman–Crippen LogP) is -2.63. The average Bonchev–Trinajstić information content (AvgIpc) is 2.23. The van der Waals surface area contributed by atoms with Crippen molar-refractivity contribution in [2.24, 2.45) is 0 Å². The molecule has 0 fully saturated rings. The minimum atomic E-state index is -1.56. The minimum absolute atomic E-state index is 0.374. The second kappa shape index (κ2) is 6.37. The molecule has 5 N–H and O–H groups in total. The Balaban J connectivity index is 4.36. The van der Waals surface area contributed by atoms with Gasteiger partial charge in [-0.05, 0) is 21.0 Å². The summed E-state index contributed by atoms with van der Waals surface area (Å²) in [7, 11) is 3.44. The van der Waals surface area contributed by atoms with Crippen LogP contribution in [-0.2, 0) is 0 Å². The SMILES string of the molecule is CC([C@H](O)[C@@H](O)[C@H](O)[C@H](O)CO)N(C)C. The Morgan fingerprint density at radius 3 is 1.73 bits per heavy atom. The molecule has 0 aromatic carbocycles. The fraction of sp³-hybridized carbons (Fsp3) is 1.00. The van der Waals surface area contributed by atoms with Crippen LogP contribution in [0.1, 0.15) is 6.92 Å². The van der Waals surface area contributed by atoms with Gasteiger partial charge in [0.15, 0.2) is 0 Å². The Labute approximate surface area is 89.4 Å². The van der Waals surface area contributed by atoms with Crippen molar-refractivity contribution < 1.29 is 25.5 Å². The van der Waals surface area contributed by atoms with E-state index in [4.69, 9.17) is 10.2 Å². The number of aliphatic hydroxyl groups is 5. The van der Waals surface area contributed by atoms with Gasteiger partial charge in [-0.15, -0.1) is 0 Å². The Kier molecular flexibility index (Phi) is 6.26. The topological polar surface area (TPSA) is 104 Å². The Morgan fingerprint density at radius 2 is 1.40 bits per heavy atom. The molecule has 0 spiro atoms. The summed E-state index contributed by atoms with van der Waals surface area (Å²) in [5.74, 6) is 0. The van der Waals surface area contributed by atoms with E-state index in [9.17, 15) is 15.3 Å². The molecule has 0 aromatic heterocycles.